The van der Waals surface area contributed by atoms with Crippen LogP contribution in [0, 0.1) is 11.3 Å². The van der Waals surface area contributed by atoms with Crippen molar-refractivity contribution in [1.82, 2.24) is 19.9 Å². The van der Waals surface area contributed by atoms with Gasteiger partial charge in [-0.2, -0.15) is 10.4 Å². The number of nitrogens with zero attached hydrogens (tertiary/aromatic N) is 4. The van der Waals surface area contributed by atoms with Crippen LogP contribution in [0.25, 0.3) is 16.9 Å². The van der Waals surface area contributed by atoms with E-state index in [4.69, 9.17) is 11.0 Å². The lowest BCUT2D eigenvalue weighted by Gasteiger charge is -2.23. The number of aliphatic hydroxyl groups is 1. The number of amides is 1. The summed E-state index contributed by atoms with van der Waals surface area (Å²) in [7, 11) is 0. The molecule has 1 amide bonds. The predicted molar refractivity (Wildman–Crippen MR) is 126 cm³/mol. The van der Waals surface area contributed by atoms with Crippen molar-refractivity contribution in [2.24, 2.45) is 5.73 Å². The van der Waals surface area contributed by atoms with E-state index in [-0.39, 0.29) is 24.2 Å². The van der Waals surface area contributed by atoms with Gasteiger partial charge < -0.3 is 21.5 Å². The fraction of sp³-hybridized carbons (Fsp3) is 0.417. The molecule has 1 saturated carbocycles. The first-order chi connectivity index (χ1) is 16.2. The number of carbonyl (C=O) groups is 1. The highest BCUT2D eigenvalue weighted by Gasteiger charge is 2.28. The van der Waals surface area contributed by atoms with Crippen LogP contribution >= 0.6 is 0 Å². The van der Waals surface area contributed by atoms with Crippen molar-refractivity contribution in [3.63, 3.8) is 0 Å². The minimum absolute atomic E-state index is 0.0995. The third-order valence-corrected chi connectivity index (χ3v) is 6.08. The fourth-order valence-electron chi connectivity index (χ4n) is 4.04. The second kappa shape index (κ2) is 9.37. The molecule has 34 heavy (non-hydrogen) atoms. The number of aromatic nitrogens is 3. The zero-order valence-corrected chi connectivity index (χ0v) is 19.1. The van der Waals surface area contributed by atoms with E-state index >= 15 is 0 Å². The lowest BCUT2D eigenvalue weighted by Crippen LogP contribution is -2.42. The Bertz CT molecular complexity index is 1240. The molecule has 178 valence electrons. The predicted octanol–water partition coefficient (Wildman–Crippen LogP) is 2.40. The number of anilines is 1. The molecule has 3 aromatic rings. The van der Waals surface area contributed by atoms with Gasteiger partial charge in [-0.25, -0.2) is 8.91 Å². The van der Waals surface area contributed by atoms with E-state index in [0.717, 1.165) is 24.8 Å². The van der Waals surface area contributed by atoms with Crippen LogP contribution in [0.5, 0.6) is 0 Å². The Morgan fingerprint density at radius 3 is 2.85 bits per heavy atom. The molecule has 1 aliphatic carbocycles. The van der Waals surface area contributed by atoms with Crippen molar-refractivity contribution < 1.29 is 14.3 Å². The Morgan fingerprint density at radius 2 is 2.18 bits per heavy atom. The Balaban J connectivity index is 1.66. The quantitative estimate of drug-likeness (QED) is 0.420. The number of hydrogen-bond acceptors (Lipinski definition) is 7. The van der Waals surface area contributed by atoms with Crippen LogP contribution in [0.1, 0.15) is 49.0 Å². The van der Waals surface area contributed by atoms with Gasteiger partial charge in [0.05, 0.1) is 52.1 Å². The van der Waals surface area contributed by atoms with Crippen molar-refractivity contribution in [3.8, 4) is 17.5 Å². The lowest BCUT2D eigenvalue weighted by atomic mass is 10.0. The summed E-state index contributed by atoms with van der Waals surface area (Å²) in [5.41, 5.74) is 7.80. The summed E-state index contributed by atoms with van der Waals surface area (Å²) in [6, 6.07) is 9.45. The molecule has 0 saturated heterocycles. The van der Waals surface area contributed by atoms with Gasteiger partial charge in [0.2, 0.25) is 0 Å². The summed E-state index contributed by atoms with van der Waals surface area (Å²) in [5.74, 6) is -0.493. The third kappa shape index (κ3) is 5.00. The summed E-state index contributed by atoms with van der Waals surface area (Å²) in [6.45, 7) is 2.38. The molecule has 10 heteroatoms. The topological polar surface area (TPSA) is 141 Å². The maximum atomic E-state index is 14.2. The van der Waals surface area contributed by atoms with E-state index in [1.165, 1.54) is 26.2 Å². The second-order valence-corrected chi connectivity index (χ2v) is 9.27. The molecular weight excluding hydrogens is 437 g/mol. The van der Waals surface area contributed by atoms with Gasteiger partial charge in [0.15, 0.2) is 0 Å². The van der Waals surface area contributed by atoms with E-state index in [2.05, 4.69) is 26.8 Å². The summed E-state index contributed by atoms with van der Waals surface area (Å²) in [6.07, 6.45) is 3.84. The molecule has 3 aromatic heterocycles. The van der Waals surface area contributed by atoms with Gasteiger partial charge in [-0.15, -0.1) is 0 Å². The zero-order chi connectivity index (χ0) is 24.5. The number of carbonyl (C=O) groups excluding carboxylic acids is 1. The van der Waals surface area contributed by atoms with Crippen LogP contribution in [-0.4, -0.2) is 56.0 Å². The lowest BCUT2D eigenvalue weighted by molar-refractivity contribution is -0.00177. The van der Waals surface area contributed by atoms with E-state index in [1.807, 2.05) is 12.1 Å². The van der Waals surface area contributed by atoms with Gasteiger partial charge in [0.25, 0.3) is 5.91 Å². The molecule has 0 spiro atoms. The zero-order valence-electron chi connectivity index (χ0n) is 19.1. The van der Waals surface area contributed by atoms with Gasteiger partial charge in [0.1, 0.15) is 12.2 Å². The molecule has 0 radical (unpaired) electrons. The molecule has 3 heterocycles. The van der Waals surface area contributed by atoms with Crippen LogP contribution < -0.4 is 16.4 Å². The normalized spacial score (nSPS) is 19.1. The summed E-state index contributed by atoms with van der Waals surface area (Å²) >= 11 is 0. The van der Waals surface area contributed by atoms with Crippen LogP contribution in [0.2, 0.25) is 0 Å². The average Bonchev–Trinajstić information content (AvgIpc) is 3.41. The fourth-order valence-corrected chi connectivity index (χ4v) is 4.04. The van der Waals surface area contributed by atoms with Gasteiger partial charge >= 0.3 is 0 Å². The Morgan fingerprint density at radius 1 is 1.38 bits per heavy atom. The number of nitrogens with two attached hydrogens (primary N) is 1. The molecular formula is C24H28FN7O2. The van der Waals surface area contributed by atoms with E-state index in [1.54, 1.807) is 16.6 Å². The first-order valence-electron chi connectivity index (χ1n) is 11.2. The number of hydrogen-bond donors (Lipinski definition) is 4. The smallest absolute Gasteiger partial charge is 0.255 e. The minimum Gasteiger partial charge on any atom is -0.387 e. The Labute approximate surface area is 196 Å². The maximum absolute atomic E-state index is 14.2. The number of nitriles is 1. The maximum Gasteiger partial charge on any atom is 0.255 e. The number of halogens is 1. The van der Waals surface area contributed by atoms with Gasteiger partial charge in [-0.1, -0.05) is 0 Å². The number of alkyl halides is 1. The van der Waals surface area contributed by atoms with Crippen molar-refractivity contribution in [1.29, 1.82) is 5.26 Å². The average molecular weight is 466 g/mol. The number of pyridine rings is 1. The molecule has 0 aromatic carbocycles. The molecule has 0 aliphatic heterocycles. The number of fused-ring (bicyclic) bond motifs is 1. The van der Waals surface area contributed by atoms with Crippen LogP contribution in [-0.2, 0) is 0 Å². The summed E-state index contributed by atoms with van der Waals surface area (Å²) < 4.78 is 15.8. The Kier molecular flexibility index (Phi) is 6.50. The van der Waals surface area contributed by atoms with Crippen molar-refractivity contribution in [3.05, 3.63) is 47.8 Å². The molecule has 9 nitrogen and oxygen atoms in total. The van der Waals surface area contributed by atoms with E-state index in [0.29, 0.717) is 22.6 Å². The van der Waals surface area contributed by atoms with Gasteiger partial charge in [-0.3, -0.25) is 9.78 Å². The monoisotopic (exact) mass is 465 g/mol. The highest BCUT2D eigenvalue weighted by Crippen LogP contribution is 2.28. The van der Waals surface area contributed by atoms with Crippen LogP contribution in [0.3, 0.4) is 0 Å². The molecule has 3 atom stereocenters. The van der Waals surface area contributed by atoms with Crippen molar-refractivity contribution in [2.45, 2.75) is 57.0 Å². The molecule has 1 unspecified atom stereocenters. The molecule has 4 rings (SSSR count). The highest BCUT2D eigenvalue weighted by atomic mass is 19.1. The molecule has 0 bridgehead atoms. The van der Waals surface area contributed by atoms with E-state index < -0.39 is 17.7 Å². The minimum atomic E-state index is -1.62. The third-order valence-electron chi connectivity index (χ3n) is 6.08. The van der Waals surface area contributed by atoms with Crippen molar-refractivity contribution in [2.75, 3.05) is 11.9 Å². The van der Waals surface area contributed by atoms with Crippen molar-refractivity contribution >= 4 is 17.1 Å². The number of rotatable bonds is 7. The van der Waals surface area contributed by atoms with E-state index in [9.17, 15) is 14.3 Å². The van der Waals surface area contributed by atoms with Gasteiger partial charge in [0, 0.05) is 18.3 Å². The molecule has 1 aliphatic rings. The second-order valence-electron chi connectivity index (χ2n) is 9.27. The number of nitrogens with one attached hydrogen (secondary N) is 2. The summed E-state index contributed by atoms with van der Waals surface area (Å²) in [5, 5.41) is 29.2. The van der Waals surface area contributed by atoms with Crippen LogP contribution in [0.15, 0.2) is 36.7 Å². The molecule has 1 fully saturated rings. The first kappa shape index (κ1) is 23.6. The highest BCUT2D eigenvalue weighted by molar-refractivity contribution is 6.00. The van der Waals surface area contributed by atoms with Crippen LogP contribution in [0.4, 0.5) is 10.1 Å². The largest absolute Gasteiger partial charge is 0.387 e. The Hall–Kier alpha value is -3.55. The van der Waals surface area contributed by atoms with Gasteiger partial charge in [-0.05, 0) is 57.4 Å². The summed E-state index contributed by atoms with van der Waals surface area (Å²) in [4.78, 5) is 17.4. The standard InChI is InChI=1S/C24H28FN7O2/c1-24(2,34)22(25)13-29-23(33)18-12-28-20(9-19(18)31-16-4-3-15(27)8-16)21-6-5-17-7-14(10-26)11-30-32(17)21/h5-7,9,11-12,15-16,22,34H,3-4,8,13,27H2,1-2H3,(H,28,31)(H,29,33)/t15-,16-,22?/m1/s1. The molecule has 5 N–H and O–H groups in total. The first-order valence-corrected chi connectivity index (χ1v) is 11.2. The SMILES string of the molecule is CC(C)(O)C(F)CNC(=O)c1cnc(-c2ccc3cc(C#N)cnn23)cc1N[C@@H]1CC[C@@H](N)C1.